The van der Waals surface area contributed by atoms with E-state index in [1.54, 1.807) is 24.9 Å². The fourth-order valence-electron chi connectivity index (χ4n) is 7.20. The number of likely N-dealkylation sites (tertiary alicyclic amines) is 2. The maximum absolute atomic E-state index is 13.3. The molecule has 14 nitrogen and oxygen atoms in total. The molecule has 0 spiro atoms. The second kappa shape index (κ2) is 16.2. The molecule has 0 aliphatic carbocycles. The van der Waals surface area contributed by atoms with Gasteiger partial charge < -0.3 is 40.2 Å². The van der Waals surface area contributed by atoms with Gasteiger partial charge in [-0.25, -0.2) is 14.8 Å². The van der Waals surface area contributed by atoms with E-state index < -0.39 is 30.4 Å². The molecule has 7 N–H and O–H groups in total. The predicted molar refractivity (Wildman–Crippen MR) is 191 cm³/mol. The first-order chi connectivity index (χ1) is 24.6. The number of nitrogens with zero attached hydrogens (tertiary/aromatic N) is 4. The minimum absolute atomic E-state index is 0.0183. The third-order valence-electron chi connectivity index (χ3n) is 9.97. The van der Waals surface area contributed by atoms with Crippen molar-refractivity contribution in [3.8, 4) is 33.6 Å². The molecule has 1 unspecified atom stereocenters. The number of methoxy groups -OCH3 is 1. The molecule has 0 radical (unpaired) electrons. The van der Waals surface area contributed by atoms with Crippen molar-refractivity contribution in [2.75, 3.05) is 33.5 Å². The minimum atomic E-state index is -1.15. The van der Waals surface area contributed by atoms with E-state index in [4.69, 9.17) is 4.74 Å². The van der Waals surface area contributed by atoms with Crippen molar-refractivity contribution in [3.63, 3.8) is 0 Å². The summed E-state index contributed by atoms with van der Waals surface area (Å²) in [6.07, 6.45) is 4.33. The Morgan fingerprint density at radius 2 is 1.37 bits per heavy atom. The van der Waals surface area contributed by atoms with Crippen molar-refractivity contribution in [3.05, 3.63) is 72.6 Å². The first-order valence-electron chi connectivity index (χ1n) is 17.6. The molecule has 2 aromatic carbocycles. The summed E-state index contributed by atoms with van der Waals surface area (Å²) in [6.45, 7) is 5.17. The molecule has 272 valence electrons. The second-order valence-electron chi connectivity index (χ2n) is 13.5. The molecule has 2 aliphatic rings. The number of hydrogen-bond acceptors (Lipinski definition) is 9. The van der Waals surface area contributed by atoms with E-state index in [1.807, 2.05) is 6.20 Å². The van der Waals surface area contributed by atoms with Crippen molar-refractivity contribution in [2.45, 2.75) is 75.9 Å². The van der Waals surface area contributed by atoms with Crippen LogP contribution in [0.3, 0.4) is 0 Å². The van der Waals surface area contributed by atoms with E-state index in [0.717, 1.165) is 77.5 Å². The van der Waals surface area contributed by atoms with Crippen molar-refractivity contribution < 1.29 is 29.6 Å². The summed E-state index contributed by atoms with van der Waals surface area (Å²) in [5.74, 6) is 1.40. The van der Waals surface area contributed by atoms with Gasteiger partial charge in [0.25, 0.3) is 0 Å². The lowest BCUT2D eigenvalue weighted by atomic mass is 10.0. The lowest BCUT2D eigenvalue weighted by molar-refractivity contribution is -0.137. The number of carboxylic acid groups (broad SMARTS) is 1. The van der Waals surface area contributed by atoms with Crippen LogP contribution in [0.15, 0.2) is 60.9 Å². The van der Waals surface area contributed by atoms with Crippen LogP contribution in [0.25, 0.3) is 33.6 Å². The number of benzene rings is 2. The van der Waals surface area contributed by atoms with E-state index in [-0.39, 0.29) is 24.7 Å². The predicted octanol–water partition coefficient (Wildman–Crippen LogP) is 3.89. The van der Waals surface area contributed by atoms with Gasteiger partial charge in [-0.1, -0.05) is 48.5 Å². The van der Waals surface area contributed by atoms with E-state index in [9.17, 15) is 24.9 Å². The van der Waals surface area contributed by atoms with E-state index >= 15 is 0 Å². The Bertz CT molecular complexity index is 1750. The lowest BCUT2D eigenvalue weighted by Crippen LogP contribution is -2.52. The number of carbonyl (C=O) groups is 2. The number of amides is 2. The van der Waals surface area contributed by atoms with Gasteiger partial charge in [-0.05, 0) is 68.3 Å². The highest BCUT2D eigenvalue weighted by Gasteiger charge is 2.37. The molecule has 4 heterocycles. The van der Waals surface area contributed by atoms with Crippen LogP contribution in [-0.4, -0.2) is 115 Å². The Kier molecular flexibility index (Phi) is 11.5. The van der Waals surface area contributed by atoms with Gasteiger partial charge in [0.2, 0.25) is 5.91 Å². The van der Waals surface area contributed by atoms with E-state index in [1.165, 1.54) is 7.11 Å². The van der Waals surface area contributed by atoms with Gasteiger partial charge in [0.15, 0.2) is 0 Å². The molecular weight excluding hydrogens is 652 g/mol. The number of aliphatic hydroxyl groups excluding tert-OH is 2. The first kappa shape index (κ1) is 36.2. The Morgan fingerprint density at radius 3 is 1.90 bits per heavy atom. The molecule has 2 saturated heterocycles. The van der Waals surface area contributed by atoms with Crippen molar-refractivity contribution in [2.24, 2.45) is 0 Å². The molecule has 0 saturated carbocycles. The van der Waals surface area contributed by atoms with Crippen LogP contribution < -0.4 is 10.6 Å². The molecule has 4 aromatic rings. The molecule has 51 heavy (non-hydrogen) atoms. The largest absolute Gasteiger partial charge is 0.465 e. The molecule has 2 fully saturated rings. The number of carbonyl (C=O) groups excluding carboxylic acids is 1. The van der Waals surface area contributed by atoms with Crippen LogP contribution in [-0.2, 0) is 9.53 Å². The maximum atomic E-state index is 13.3. The molecular formula is C37H48N8O6. The Hall–Kier alpha value is -4.60. The number of hydrogen-bond donors (Lipinski definition) is 7. The van der Waals surface area contributed by atoms with Crippen molar-refractivity contribution in [1.29, 1.82) is 0 Å². The van der Waals surface area contributed by atoms with Gasteiger partial charge in [0.05, 0.1) is 60.8 Å². The Balaban J connectivity index is 1.09. The fourth-order valence-corrected chi connectivity index (χ4v) is 7.20. The SMILES string of the molecule is COCN[C@H](C(=O)N1CCCC1c1ncc(-c2ccc(-c3ccc(-c4cnc([C@@H]5CCCN5C[C@H](NC(=O)O)[C@H](C)O)[nH]4)cc3)cc2)[nH]1)[C@H](C)O. The molecule has 0 bridgehead atoms. The third kappa shape index (κ3) is 8.32. The van der Waals surface area contributed by atoms with Crippen LogP contribution in [0.4, 0.5) is 4.79 Å². The summed E-state index contributed by atoms with van der Waals surface area (Å²) in [6, 6.07) is 15.0. The van der Waals surface area contributed by atoms with Crippen LogP contribution in [0.2, 0.25) is 0 Å². The second-order valence-corrected chi connectivity index (χ2v) is 13.5. The summed E-state index contributed by atoms with van der Waals surface area (Å²) in [5, 5.41) is 34.9. The molecule has 2 aromatic heterocycles. The van der Waals surface area contributed by atoms with E-state index in [0.29, 0.717) is 13.1 Å². The third-order valence-corrected chi connectivity index (χ3v) is 9.97. The number of imidazole rings is 2. The van der Waals surface area contributed by atoms with Crippen LogP contribution in [0.1, 0.15) is 63.3 Å². The Labute approximate surface area is 297 Å². The van der Waals surface area contributed by atoms with Crippen LogP contribution in [0, 0.1) is 0 Å². The highest BCUT2D eigenvalue weighted by atomic mass is 16.5. The zero-order valence-electron chi connectivity index (χ0n) is 29.2. The van der Waals surface area contributed by atoms with Gasteiger partial charge in [0, 0.05) is 20.2 Å². The van der Waals surface area contributed by atoms with Crippen molar-refractivity contribution >= 4 is 12.0 Å². The zero-order valence-corrected chi connectivity index (χ0v) is 29.2. The number of aliphatic hydroxyl groups is 2. The quantitative estimate of drug-likeness (QED) is 0.0950. The summed E-state index contributed by atoms with van der Waals surface area (Å²) >= 11 is 0. The fraction of sp³-hybridized carbons (Fsp3) is 0.459. The van der Waals surface area contributed by atoms with E-state index in [2.05, 4.69) is 84.0 Å². The van der Waals surface area contributed by atoms with Crippen molar-refractivity contribution in [1.82, 2.24) is 40.4 Å². The number of aromatic nitrogens is 4. The number of ether oxygens (including phenoxy) is 1. The van der Waals surface area contributed by atoms with Gasteiger partial charge >= 0.3 is 6.09 Å². The molecule has 14 heteroatoms. The highest BCUT2D eigenvalue weighted by Crippen LogP contribution is 2.34. The number of H-pyrrole nitrogens is 2. The average molecular weight is 701 g/mol. The average Bonchev–Trinajstić information content (AvgIpc) is 3.95. The minimum Gasteiger partial charge on any atom is -0.465 e. The maximum Gasteiger partial charge on any atom is 0.405 e. The van der Waals surface area contributed by atoms with Gasteiger partial charge in [-0.3, -0.25) is 15.0 Å². The van der Waals surface area contributed by atoms with Gasteiger partial charge in [-0.15, -0.1) is 0 Å². The summed E-state index contributed by atoms with van der Waals surface area (Å²) in [5.41, 5.74) is 5.90. The summed E-state index contributed by atoms with van der Waals surface area (Å²) in [4.78, 5) is 44.8. The first-order valence-corrected chi connectivity index (χ1v) is 17.6. The van der Waals surface area contributed by atoms with Crippen LogP contribution in [0.5, 0.6) is 0 Å². The Morgan fingerprint density at radius 1 is 0.843 bits per heavy atom. The molecule has 2 aliphatic heterocycles. The zero-order chi connectivity index (χ0) is 36.1. The monoisotopic (exact) mass is 700 g/mol. The summed E-state index contributed by atoms with van der Waals surface area (Å²) < 4.78 is 5.06. The van der Waals surface area contributed by atoms with Crippen LogP contribution >= 0.6 is 0 Å². The summed E-state index contributed by atoms with van der Waals surface area (Å²) in [7, 11) is 1.54. The smallest absolute Gasteiger partial charge is 0.405 e. The molecule has 6 atom stereocenters. The van der Waals surface area contributed by atoms with Gasteiger partial charge in [-0.2, -0.15) is 0 Å². The molecule has 6 rings (SSSR count). The highest BCUT2D eigenvalue weighted by molar-refractivity contribution is 5.83. The van der Waals surface area contributed by atoms with Gasteiger partial charge in [0.1, 0.15) is 17.7 Å². The number of aromatic amines is 2. The topological polar surface area (TPSA) is 192 Å². The standard InChI is InChI=1S/C37H48N8O6/c1-22(46)30(43-37(49)50)20-44-16-4-6-31(44)34-38-18-28(41-34)26-12-8-24(9-13-26)25-10-14-27(15-11-25)29-19-39-35(42-29)32-7-5-17-45(32)36(48)33(23(2)47)40-21-51-3/h8-15,18-19,22-23,30-33,40,43,46-47H,4-7,16-17,20-21H2,1-3H3,(H,38,41)(H,39,42)(H,49,50)/t22-,23-,30-,31-,32?,33-/m0/s1. The number of nitrogens with one attached hydrogen (secondary N) is 4. The number of rotatable bonds is 14. The lowest BCUT2D eigenvalue weighted by Gasteiger charge is -2.29. The molecule has 2 amide bonds. The normalized spacial score (nSPS) is 20.3.